The molecule has 0 spiro atoms. The van der Waals surface area contributed by atoms with Crippen LogP contribution < -0.4 is 11.1 Å². The summed E-state index contributed by atoms with van der Waals surface area (Å²) < 4.78 is 5.16. The normalized spacial score (nSPS) is 21.6. The first-order valence-corrected chi connectivity index (χ1v) is 5.66. The fourth-order valence-electron chi connectivity index (χ4n) is 1.98. The van der Waals surface area contributed by atoms with Crippen molar-refractivity contribution in [1.29, 1.82) is 0 Å². The van der Waals surface area contributed by atoms with E-state index in [4.69, 9.17) is 10.5 Å². The summed E-state index contributed by atoms with van der Waals surface area (Å²) in [5.41, 5.74) is 6.26. The van der Waals surface area contributed by atoms with Crippen LogP contribution in [0.5, 0.6) is 0 Å². The third-order valence-corrected chi connectivity index (χ3v) is 3.51. The van der Waals surface area contributed by atoms with Gasteiger partial charge in [-0.05, 0) is 44.7 Å². The van der Waals surface area contributed by atoms with Gasteiger partial charge >= 0.3 is 0 Å². The molecule has 1 fully saturated rings. The zero-order valence-electron chi connectivity index (χ0n) is 9.51. The molecule has 0 aromatic rings. The fraction of sp³-hybridized carbons (Fsp3) is 1.00. The minimum atomic E-state index is 0.310. The molecule has 0 aromatic carbocycles. The Balaban J connectivity index is 2.03. The predicted octanol–water partition coefficient (Wildman–Crippen LogP) is 1.13. The van der Waals surface area contributed by atoms with Gasteiger partial charge in [0.25, 0.3) is 0 Å². The average molecular weight is 200 g/mol. The average Bonchev–Trinajstić information content (AvgIpc) is 2.15. The number of nitrogens with one attached hydrogen (secondary N) is 1. The predicted molar refractivity (Wildman–Crippen MR) is 59.3 cm³/mol. The monoisotopic (exact) mass is 200 g/mol. The largest absolute Gasteiger partial charge is 0.380 e. The van der Waals surface area contributed by atoms with Crippen LogP contribution in [0, 0.1) is 5.41 Å². The summed E-state index contributed by atoms with van der Waals surface area (Å²) in [6.45, 7) is 4.95. The van der Waals surface area contributed by atoms with E-state index in [9.17, 15) is 0 Å². The minimum Gasteiger partial charge on any atom is -0.380 e. The van der Waals surface area contributed by atoms with Gasteiger partial charge in [0.1, 0.15) is 0 Å². The maximum absolute atomic E-state index is 5.78. The third-order valence-electron chi connectivity index (χ3n) is 3.51. The van der Waals surface area contributed by atoms with Gasteiger partial charge in [0.15, 0.2) is 0 Å². The quantitative estimate of drug-likeness (QED) is 0.606. The number of hydrogen-bond donors (Lipinski definition) is 2. The Morgan fingerprint density at radius 1 is 1.50 bits per heavy atom. The van der Waals surface area contributed by atoms with Crippen molar-refractivity contribution >= 4 is 0 Å². The molecule has 0 saturated heterocycles. The number of nitrogens with two attached hydrogens (primary N) is 1. The molecule has 1 saturated carbocycles. The van der Waals surface area contributed by atoms with Crippen molar-refractivity contribution in [2.24, 2.45) is 11.1 Å². The lowest BCUT2D eigenvalue weighted by molar-refractivity contribution is 0.107. The number of rotatable bonds is 7. The Labute approximate surface area is 87.4 Å². The smallest absolute Gasteiger partial charge is 0.0667 e. The Morgan fingerprint density at radius 2 is 2.21 bits per heavy atom. The molecule has 1 aliphatic rings. The van der Waals surface area contributed by atoms with Gasteiger partial charge in [0.2, 0.25) is 0 Å². The van der Waals surface area contributed by atoms with Crippen molar-refractivity contribution in [3.63, 3.8) is 0 Å². The van der Waals surface area contributed by atoms with Crippen molar-refractivity contribution < 1.29 is 4.74 Å². The van der Waals surface area contributed by atoms with Gasteiger partial charge in [-0.25, -0.2) is 0 Å². The summed E-state index contributed by atoms with van der Waals surface area (Å²) >= 11 is 0. The Kier molecular flexibility index (Phi) is 4.85. The zero-order valence-corrected chi connectivity index (χ0v) is 9.51. The van der Waals surface area contributed by atoms with Gasteiger partial charge in [-0.15, -0.1) is 0 Å². The van der Waals surface area contributed by atoms with Crippen molar-refractivity contribution in [3.05, 3.63) is 0 Å². The van der Waals surface area contributed by atoms with Crippen LogP contribution in [0.4, 0.5) is 0 Å². The lowest BCUT2D eigenvalue weighted by Gasteiger charge is -2.41. The molecule has 0 bridgehead atoms. The fourth-order valence-corrected chi connectivity index (χ4v) is 1.98. The van der Waals surface area contributed by atoms with E-state index in [1.165, 1.54) is 25.7 Å². The van der Waals surface area contributed by atoms with Crippen LogP contribution in [0.15, 0.2) is 0 Å². The standard InChI is InChI=1S/C11H24N2O/c1-10(14-2)8-13-7-6-11(9-12)4-3-5-11/h10,13H,3-9,12H2,1-2H3. The summed E-state index contributed by atoms with van der Waals surface area (Å²) in [6, 6.07) is 0. The van der Waals surface area contributed by atoms with Gasteiger partial charge in [-0.1, -0.05) is 6.42 Å². The SMILES string of the molecule is COC(C)CNCCC1(CN)CCC1. The maximum atomic E-state index is 5.78. The van der Waals surface area contributed by atoms with E-state index >= 15 is 0 Å². The van der Waals surface area contributed by atoms with Crippen LogP contribution in [-0.2, 0) is 4.74 Å². The Hall–Kier alpha value is -0.120. The summed E-state index contributed by atoms with van der Waals surface area (Å²) in [4.78, 5) is 0. The maximum Gasteiger partial charge on any atom is 0.0667 e. The van der Waals surface area contributed by atoms with Gasteiger partial charge in [0, 0.05) is 13.7 Å². The topological polar surface area (TPSA) is 47.3 Å². The summed E-state index contributed by atoms with van der Waals surface area (Å²) in [5.74, 6) is 0. The van der Waals surface area contributed by atoms with E-state index in [1.807, 2.05) is 0 Å². The highest BCUT2D eigenvalue weighted by atomic mass is 16.5. The molecule has 14 heavy (non-hydrogen) atoms. The molecule has 0 aromatic heterocycles. The second-order valence-electron chi connectivity index (χ2n) is 4.56. The summed E-state index contributed by atoms with van der Waals surface area (Å²) in [7, 11) is 1.75. The van der Waals surface area contributed by atoms with E-state index < -0.39 is 0 Å². The molecule has 1 unspecified atom stereocenters. The van der Waals surface area contributed by atoms with Crippen LogP contribution in [-0.4, -0.2) is 32.8 Å². The van der Waals surface area contributed by atoms with E-state index in [-0.39, 0.29) is 0 Å². The van der Waals surface area contributed by atoms with E-state index in [2.05, 4.69) is 12.2 Å². The first kappa shape index (κ1) is 12.0. The number of ether oxygens (including phenoxy) is 1. The van der Waals surface area contributed by atoms with Gasteiger partial charge in [0.05, 0.1) is 6.10 Å². The van der Waals surface area contributed by atoms with Crippen LogP contribution in [0.3, 0.4) is 0 Å². The highest BCUT2D eigenvalue weighted by molar-refractivity contribution is 4.88. The summed E-state index contributed by atoms with van der Waals surface area (Å²) in [5, 5.41) is 3.41. The second-order valence-corrected chi connectivity index (χ2v) is 4.56. The molecule has 1 aliphatic carbocycles. The molecular formula is C11H24N2O. The molecule has 84 valence electrons. The molecular weight excluding hydrogens is 176 g/mol. The molecule has 0 radical (unpaired) electrons. The van der Waals surface area contributed by atoms with Crippen LogP contribution in [0.25, 0.3) is 0 Å². The van der Waals surface area contributed by atoms with E-state index in [0.29, 0.717) is 11.5 Å². The molecule has 1 rings (SSSR count). The molecule has 0 amide bonds. The van der Waals surface area contributed by atoms with E-state index in [1.54, 1.807) is 7.11 Å². The van der Waals surface area contributed by atoms with Gasteiger partial charge in [-0.3, -0.25) is 0 Å². The molecule has 0 heterocycles. The van der Waals surface area contributed by atoms with E-state index in [0.717, 1.165) is 19.6 Å². The van der Waals surface area contributed by atoms with Crippen LogP contribution in [0.1, 0.15) is 32.6 Å². The lowest BCUT2D eigenvalue weighted by Crippen LogP contribution is -2.40. The molecule has 3 N–H and O–H groups in total. The van der Waals surface area contributed by atoms with Crippen LogP contribution in [0.2, 0.25) is 0 Å². The van der Waals surface area contributed by atoms with Gasteiger partial charge in [-0.2, -0.15) is 0 Å². The molecule has 1 atom stereocenters. The molecule has 3 heteroatoms. The van der Waals surface area contributed by atoms with Crippen molar-refractivity contribution in [2.45, 2.75) is 38.7 Å². The lowest BCUT2D eigenvalue weighted by atomic mass is 9.67. The van der Waals surface area contributed by atoms with Crippen molar-refractivity contribution in [3.8, 4) is 0 Å². The second kappa shape index (κ2) is 5.69. The van der Waals surface area contributed by atoms with Gasteiger partial charge < -0.3 is 15.8 Å². The number of methoxy groups -OCH3 is 1. The number of hydrogen-bond acceptors (Lipinski definition) is 3. The van der Waals surface area contributed by atoms with Crippen LogP contribution >= 0.6 is 0 Å². The summed E-state index contributed by atoms with van der Waals surface area (Å²) in [6.07, 6.45) is 5.55. The van der Waals surface area contributed by atoms with Crippen molar-refractivity contribution in [1.82, 2.24) is 5.32 Å². The minimum absolute atomic E-state index is 0.310. The molecule has 3 nitrogen and oxygen atoms in total. The third kappa shape index (κ3) is 3.23. The molecule has 0 aliphatic heterocycles. The Bertz CT molecular complexity index is 152. The first-order valence-electron chi connectivity index (χ1n) is 5.66. The highest BCUT2D eigenvalue weighted by Gasteiger charge is 2.34. The highest BCUT2D eigenvalue weighted by Crippen LogP contribution is 2.42. The zero-order chi connectivity index (χ0) is 10.4. The first-order chi connectivity index (χ1) is 6.72. The van der Waals surface area contributed by atoms with Crippen molar-refractivity contribution in [2.75, 3.05) is 26.7 Å². The Morgan fingerprint density at radius 3 is 2.64 bits per heavy atom.